The van der Waals surface area contributed by atoms with Gasteiger partial charge in [0.05, 0.1) is 11.6 Å². The number of amides is 1. The molecule has 0 bridgehead atoms. The van der Waals surface area contributed by atoms with Crippen molar-refractivity contribution in [2.75, 3.05) is 33.4 Å². The third kappa shape index (κ3) is 8.29. The first-order valence-corrected chi connectivity index (χ1v) is 8.78. The van der Waals surface area contributed by atoms with Crippen molar-refractivity contribution in [2.45, 2.75) is 46.3 Å². The molecule has 0 spiro atoms. The summed E-state index contributed by atoms with van der Waals surface area (Å²) in [7, 11) is 1.63. The summed E-state index contributed by atoms with van der Waals surface area (Å²) in [5, 5.41) is 4.49. The average Bonchev–Trinajstić information content (AvgIpc) is 2.92. The molecule has 0 aliphatic carbocycles. The third-order valence-corrected chi connectivity index (χ3v) is 4.12. The molecule has 23 heavy (non-hydrogen) atoms. The molecular weight excluding hydrogens is 314 g/mol. The van der Waals surface area contributed by atoms with Crippen molar-refractivity contribution in [1.29, 1.82) is 0 Å². The Morgan fingerprint density at radius 1 is 1.39 bits per heavy atom. The van der Waals surface area contributed by atoms with Crippen molar-refractivity contribution in [3.8, 4) is 0 Å². The summed E-state index contributed by atoms with van der Waals surface area (Å²) in [6.07, 6.45) is 2.57. The van der Waals surface area contributed by atoms with E-state index in [9.17, 15) is 4.79 Å². The van der Waals surface area contributed by atoms with E-state index in [4.69, 9.17) is 9.47 Å². The van der Waals surface area contributed by atoms with Gasteiger partial charge in [0.15, 0.2) is 0 Å². The SMILES string of the molecule is CCc1ncc(CNCCN(CCOC)C(=O)OC(C)(C)C)s1. The predicted octanol–water partition coefficient (Wildman–Crippen LogP) is 2.68. The van der Waals surface area contributed by atoms with Crippen molar-refractivity contribution in [3.05, 3.63) is 16.1 Å². The molecule has 1 amide bonds. The van der Waals surface area contributed by atoms with Crippen LogP contribution in [0.2, 0.25) is 0 Å². The number of rotatable bonds is 9. The van der Waals surface area contributed by atoms with E-state index in [0.29, 0.717) is 26.2 Å². The van der Waals surface area contributed by atoms with E-state index >= 15 is 0 Å². The number of nitrogens with zero attached hydrogens (tertiary/aromatic N) is 2. The summed E-state index contributed by atoms with van der Waals surface area (Å²) < 4.78 is 10.5. The maximum atomic E-state index is 12.2. The maximum Gasteiger partial charge on any atom is 0.410 e. The molecule has 0 fully saturated rings. The van der Waals surface area contributed by atoms with Gasteiger partial charge in [0.25, 0.3) is 0 Å². The Morgan fingerprint density at radius 3 is 2.70 bits per heavy atom. The molecule has 0 atom stereocenters. The van der Waals surface area contributed by atoms with Crippen LogP contribution < -0.4 is 5.32 Å². The second kappa shape index (κ2) is 9.85. The molecule has 1 aromatic heterocycles. The Morgan fingerprint density at radius 2 is 2.13 bits per heavy atom. The van der Waals surface area contributed by atoms with E-state index in [1.807, 2.05) is 27.0 Å². The molecule has 0 aliphatic rings. The van der Waals surface area contributed by atoms with Gasteiger partial charge in [-0.2, -0.15) is 0 Å². The summed E-state index contributed by atoms with van der Waals surface area (Å²) in [5.74, 6) is 0. The van der Waals surface area contributed by atoms with Crippen LogP contribution in [0.1, 0.15) is 37.6 Å². The zero-order valence-electron chi connectivity index (χ0n) is 14.8. The van der Waals surface area contributed by atoms with E-state index in [0.717, 1.165) is 18.0 Å². The Hall–Kier alpha value is -1.18. The number of aryl methyl sites for hydroxylation is 1. The van der Waals surface area contributed by atoms with E-state index in [2.05, 4.69) is 17.2 Å². The molecular formula is C16H29N3O3S. The van der Waals surface area contributed by atoms with Gasteiger partial charge in [-0.25, -0.2) is 9.78 Å². The first-order valence-electron chi connectivity index (χ1n) is 7.97. The van der Waals surface area contributed by atoms with Gasteiger partial charge in [0.2, 0.25) is 0 Å². The Balaban J connectivity index is 2.39. The highest BCUT2D eigenvalue weighted by atomic mass is 32.1. The number of thiazole rings is 1. The van der Waals surface area contributed by atoms with Crippen molar-refractivity contribution < 1.29 is 14.3 Å². The standard InChI is InChI=1S/C16H29N3O3S/c1-6-14-18-12-13(23-14)11-17-7-8-19(9-10-21-5)15(20)22-16(2,3)4/h12,17H,6-11H2,1-5H3. The minimum absolute atomic E-state index is 0.303. The van der Waals surface area contributed by atoms with Crippen LogP contribution in [0.5, 0.6) is 0 Å². The Bertz CT molecular complexity index is 471. The molecule has 6 nitrogen and oxygen atoms in total. The van der Waals surface area contributed by atoms with Crippen LogP contribution >= 0.6 is 11.3 Å². The van der Waals surface area contributed by atoms with Gasteiger partial charge in [0.1, 0.15) is 5.60 Å². The van der Waals surface area contributed by atoms with Crippen molar-refractivity contribution >= 4 is 17.4 Å². The molecule has 0 unspecified atom stereocenters. The summed E-state index contributed by atoms with van der Waals surface area (Å²) in [6.45, 7) is 10.8. The van der Waals surface area contributed by atoms with Crippen molar-refractivity contribution in [2.24, 2.45) is 0 Å². The fraction of sp³-hybridized carbons (Fsp3) is 0.750. The van der Waals surface area contributed by atoms with E-state index in [1.165, 1.54) is 4.88 Å². The van der Waals surface area contributed by atoms with Gasteiger partial charge >= 0.3 is 6.09 Å². The van der Waals surface area contributed by atoms with Crippen LogP contribution in [0.15, 0.2) is 6.20 Å². The number of carbonyl (C=O) groups excluding carboxylic acids is 1. The highest BCUT2D eigenvalue weighted by Crippen LogP contribution is 2.13. The number of methoxy groups -OCH3 is 1. The topological polar surface area (TPSA) is 63.7 Å². The summed E-state index contributed by atoms with van der Waals surface area (Å²) in [4.78, 5) is 19.4. The fourth-order valence-corrected chi connectivity index (χ4v) is 2.67. The maximum absolute atomic E-state index is 12.2. The monoisotopic (exact) mass is 343 g/mol. The minimum atomic E-state index is -0.491. The van der Waals surface area contributed by atoms with Crippen LogP contribution in [0, 0.1) is 0 Å². The van der Waals surface area contributed by atoms with Gasteiger partial charge in [-0.1, -0.05) is 6.92 Å². The van der Waals surface area contributed by atoms with Gasteiger partial charge in [-0.3, -0.25) is 0 Å². The number of ether oxygens (including phenoxy) is 2. The Labute approximate surface area is 143 Å². The van der Waals surface area contributed by atoms with Gasteiger partial charge in [-0.15, -0.1) is 11.3 Å². The van der Waals surface area contributed by atoms with Crippen LogP contribution in [0.3, 0.4) is 0 Å². The largest absolute Gasteiger partial charge is 0.444 e. The molecule has 0 radical (unpaired) electrons. The first-order chi connectivity index (χ1) is 10.9. The third-order valence-electron chi connectivity index (χ3n) is 2.98. The molecule has 0 saturated carbocycles. The molecule has 0 aromatic carbocycles. The summed E-state index contributed by atoms with van der Waals surface area (Å²) >= 11 is 1.72. The molecule has 132 valence electrons. The Kier molecular flexibility index (Phi) is 8.51. The van der Waals surface area contributed by atoms with Gasteiger partial charge < -0.3 is 19.7 Å². The zero-order chi connectivity index (χ0) is 17.3. The van der Waals surface area contributed by atoms with Crippen LogP contribution in [0.4, 0.5) is 4.79 Å². The molecule has 1 rings (SSSR count). The highest BCUT2D eigenvalue weighted by Gasteiger charge is 2.21. The highest BCUT2D eigenvalue weighted by molar-refractivity contribution is 7.11. The van der Waals surface area contributed by atoms with E-state index in [1.54, 1.807) is 23.3 Å². The summed E-state index contributed by atoms with van der Waals surface area (Å²) in [5.41, 5.74) is -0.491. The lowest BCUT2D eigenvalue weighted by Crippen LogP contribution is -2.42. The van der Waals surface area contributed by atoms with Crippen LogP contribution in [-0.2, 0) is 22.4 Å². The minimum Gasteiger partial charge on any atom is -0.444 e. The molecule has 1 aromatic rings. The summed E-state index contributed by atoms with van der Waals surface area (Å²) in [6, 6.07) is 0. The van der Waals surface area contributed by atoms with Crippen molar-refractivity contribution in [3.63, 3.8) is 0 Å². The molecule has 1 heterocycles. The number of hydrogen-bond acceptors (Lipinski definition) is 6. The van der Waals surface area contributed by atoms with E-state index in [-0.39, 0.29) is 6.09 Å². The zero-order valence-corrected chi connectivity index (χ0v) is 15.7. The normalized spacial score (nSPS) is 11.5. The predicted molar refractivity (Wildman–Crippen MR) is 92.9 cm³/mol. The quantitative estimate of drug-likeness (QED) is 0.699. The second-order valence-corrected chi connectivity index (χ2v) is 7.41. The van der Waals surface area contributed by atoms with Gasteiger partial charge in [-0.05, 0) is 27.2 Å². The molecule has 7 heteroatoms. The molecule has 1 N–H and O–H groups in total. The molecule has 0 saturated heterocycles. The lowest BCUT2D eigenvalue weighted by molar-refractivity contribution is 0.0204. The van der Waals surface area contributed by atoms with Crippen molar-refractivity contribution in [1.82, 2.24) is 15.2 Å². The van der Waals surface area contributed by atoms with Crippen LogP contribution in [0.25, 0.3) is 0 Å². The smallest absolute Gasteiger partial charge is 0.410 e. The number of nitrogens with one attached hydrogen (secondary N) is 1. The number of hydrogen-bond donors (Lipinski definition) is 1. The lowest BCUT2D eigenvalue weighted by atomic mass is 10.2. The fourth-order valence-electron chi connectivity index (χ4n) is 1.84. The van der Waals surface area contributed by atoms with E-state index < -0.39 is 5.60 Å². The molecule has 0 aliphatic heterocycles. The average molecular weight is 343 g/mol. The first kappa shape index (κ1) is 19.9. The van der Waals surface area contributed by atoms with Crippen LogP contribution in [-0.4, -0.2) is 54.9 Å². The number of aromatic nitrogens is 1. The van der Waals surface area contributed by atoms with Gasteiger partial charge in [0, 0.05) is 44.4 Å². The number of carbonyl (C=O) groups is 1. The lowest BCUT2D eigenvalue weighted by Gasteiger charge is -2.27. The second-order valence-electron chi connectivity index (χ2n) is 6.21.